The number of rotatable bonds is 6. The van der Waals surface area contributed by atoms with E-state index in [2.05, 4.69) is 20.9 Å². The zero-order valence-corrected chi connectivity index (χ0v) is 24.3. The van der Waals surface area contributed by atoms with Crippen molar-refractivity contribution in [2.45, 2.75) is 50.2 Å². The first-order valence-electron chi connectivity index (χ1n) is 12.8. The molecular formula is C29H28BrF6N3O3. The third-order valence-electron chi connectivity index (χ3n) is 7.44. The first kappa shape index (κ1) is 31.8. The number of carbonyl (C=O) groups is 1. The average molecular weight is 660 g/mol. The fourth-order valence-electron chi connectivity index (χ4n) is 5.07. The summed E-state index contributed by atoms with van der Waals surface area (Å²) in [5.74, 6) is -0.365. The number of hydrogen-bond acceptors (Lipinski definition) is 5. The van der Waals surface area contributed by atoms with Gasteiger partial charge in [-0.05, 0) is 61.7 Å². The second-order valence-electron chi connectivity index (χ2n) is 10.7. The molecule has 0 radical (unpaired) electrons. The monoisotopic (exact) mass is 659 g/mol. The van der Waals surface area contributed by atoms with E-state index in [0.717, 1.165) is 4.90 Å². The summed E-state index contributed by atoms with van der Waals surface area (Å²) >= 11 is 3.50. The molecule has 2 N–H and O–H groups in total. The predicted octanol–water partition coefficient (Wildman–Crippen LogP) is 6.42. The maximum atomic E-state index is 13.9. The highest BCUT2D eigenvalue weighted by molar-refractivity contribution is 9.10. The van der Waals surface area contributed by atoms with Crippen LogP contribution in [0.4, 0.5) is 37.8 Å². The molecule has 13 heteroatoms. The summed E-state index contributed by atoms with van der Waals surface area (Å²) in [5, 5.41) is 20.0. The van der Waals surface area contributed by atoms with Crippen molar-refractivity contribution in [2.24, 2.45) is 0 Å². The van der Waals surface area contributed by atoms with Gasteiger partial charge in [-0.15, -0.1) is 0 Å². The molecule has 6 nitrogen and oxygen atoms in total. The summed E-state index contributed by atoms with van der Waals surface area (Å²) in [6.45, 7) is 2.51. The summed E-state index contributed by atoms with van der Waals surface area (Å²) in [7, 11) is 1.37. The number of aliphatic hydroxyl groups excluding tert-OH is 2. The molecule has 0 bridgehead atoms. The van der Waals surface area contributed by atoms with Gasteiger partial charge in [-0.25, -0.2) is 4.98 Å². The van der Waals surface area contributed by atoms with Crippen LogP contribution in [-0.4, -0.2) is 53.4 Å². The van der Waals surface area contributed by atoms with Crippen LogP contribution in [0.5, 0.6) is 0 Å². The number of halogens is 7. The molecule has 42 heavy (non-hydrogen) atoms. The topological polar surface area (TPSA) is 76.9 Å². The molecule has 0 spiro atoms. The van der Waals surface area contributed by atoms with Gasteiger partial charge in [-0.2, -0.15) is 26.3 Å². The van der Waals surface area contributed by atoms with Gasteiger partial charge in [0.1, 0.15) is 5.82 Å². The average Bonchev–Trinajstić information content (AvgIpc) is 3.31. The molecule has 226 valence electrons. The number of nitrogens with zero attached hydrogens (tertiary/aromatic N) is 3. The molecular weight excluding hydrogens is 632 g/mol. The maximum Gasteiger partial charge on any atom is 0.416 e. The standard InChI is InChI=1S/C29H28BrF6N3O3/c1-27(2,16-8-17(28(31,32)33)10-18(9-16)29(34,35)36)26(42)38(3)24-13-37-25(39-14-20(41)11-19(39)15-40)12-22(24)21-6-4-5-7-23(21)30/h4-10,12-13,19-20,40-41H,11,14-15H2,1-3H3/t19-,20+/m0/s1. The molecule has 0 aliphatic carbocycles. The van der Waals surface area contributed by atoms with E-state index >= 15 is 0 Å². The Morgan fingerprint density at radius 3 is 2.12 bits per heavy atom. The molecule has 1 aromatic heterocycles. The zero-order valence-electron chi connectivity index (χ0n) is 22.8. The lowest BCUT2D eigenvalue weighted by atomic mass is 9.81. The van der Waals surface area contributed by atoms with Gasteiger partial charge < -0.3 is 20.0 Å². The van der Waals surface area contributed by atoms with E-state index in [-0.39, 0.29) is 24.9 Å². The van der Waals surface area contributed by atoms with Crippen molar-refractivity contribution in [3.63, 3.8) is 0 Å². The Labute approximate surface area is 246 Å². The van der Waals surface area contributed by atoms with Crippen molar-refractivity contribution < 1.29 is 41.4 Å². The molecule has 2 aromatic carbocycles. The van der Waals surface area contributed by atoms with Gasteiger partial charge in [0.25, 0.3) is 0 Å². The third-order valence-corrected chi connectivity index (χ3v) is 8.13. The van der Waals surface area contributed by atoms with E-state index in [9.17, 15) is 41.4 Å². The van der Waals surface area contributed by atoms with Crippen LogP contribution >= 0.6 is 15.9 Å². The summed E-state index contributed by atoms with van der Waals surface area (Å²) in [6.07, 6.45) is -9.11. The second kappa shape index (κ2) is 11.5. The lowest BCUT2D eigenvalue weighted by molar-refractivity contribution is -0.143. The molecule has 0 unspecified atom stereocenters. The SMILES string of the molecule is CN(C(=O)C(C)(C)c1cc(C(F)(F)F)cc(C(F)(F)F)c1)c1cnc(N2C[C@H](O)C[C@H]2CO)cc1-c1ccccc1Br. The van der Waals surface area contributed by atoms with Crippen LogP contribution in [0.3, 0.4) is 0 Å². The van der Waals surface area contributed by atoms with Crippen molar-refractivity contribution >= 4 is 33.3 Å². The highest BCUT2D eigenvalue weighted by Crippen LogP contribution is 2.42. The Balaban J connectivity index is 1.82. The first-order chi connectivity index (χ1) is 19.4. The molecule has 1 fully saturated rings. The van der Waals surface area contributed by atoms with Crippen LogP contribution in [0, 0.1) is 0 Å². The van der Waals surface area contributed by atoms with Crippen LogP contribution in [-0.2, 0) is 22.6 Å². The Hall–Kier alpha value is -3.16. The number of carbonyl (C=O) groups excluding carboxylic acids is 1. The third kappa shape index (κ3) is 6.28. The zero-order chi connectivity index (χ0) is 31.2. The van der Waals surface area contributed by atoms with Crippen molar-refractivity contribution in [1.29, 1.82) is 0 Å². The van der Waals surface area contributed by atoms with Gasteiger partial charge in [0.05, 0.1) is 47.2 Å². The lowest BCUT2D eigenvalue weighted by Gasteiger charge is -2.32. The van der Waals surface area contributed by atoms with Crippen LogP contribution in [0.1, 0.15) is 37.0 Å². The van der Waals surface area contributed by atoms with Gasteiger partial charge in [0.15, 0.2) is 0 Å². The second-order valence-corrected chi connectivity index (χ2v) is 11.6. The summed E-state index contributed by atoms with van der Waals surface area (Å²) in [5.41, 5.74) is -3.94. The largest absolute Gasteiger partial charge is 0.416 e. The lowest BCUT2D eigenvalue weighted by Crippen LogP contribution is -2.42. The molecule has 3 aromatic rings. The van der Waals surface area contributed by atoms with E-state index in [1.165, 1.54) is 27.1 Å². The molecule has 1 saturated heterocycles. The fourth-order valence-corrected chi connectivity index (χ4v) is 5.57. The van der Waals surface area contributed by atoms with E-state index in [1.807, 2.05) is 0 Å². The number of likely N-dealkylation sites (N-methyl/N-ethyl adjacent to an activating group) is 1. The quantitative estimate of drug-likeness (QED) is 0.299. The van der Waals surface area contributed by atoms with Crippen molar-refractivity contribution in [2.75, 3.05) is 30.0 Å². The number of aromatic nitrogens is 1. The van der Waals surface area contributed by atoms with E-state index in [1.54, 1.807) is 35.2 Å². The van der Waals surface area contributed by atoms with Gasteiger partial charge in [-0.1, -0.05) is 34.1 Å². The van der Waals surface area contributed by atoms with Crippen LogP contribution in [0.2, 0.25) is 0 Å². The first-order valence-corrected chi connectivity index (χ1v) is 13.6. The molecule has 0 saturated carbocycles. The molecule has 1 amide bonds. The van der Waals surface area contributed by atoms with Gasteiger partial charge in [0, 0.05) is 23.6 Å². The number of β-amino-alcohol motifs (C(OH)–C–C–N with tert-alkyl or cyclic N) is 1. The summed E-state index contributed by atoms with van der Waals surface area (Å²) in [4.78, 5) is 21.2. The number of pyridine rings is 1. The van der Waals surface area contributed by atoms with Crippen molar-refractivity contribution in [3.8, 4) is 11.1 Å². The van der Waals surface area contributed by atoms with E-state index in [4.69, 9.17) is 0 Å². The summed E-state index contributed by atoms with van der Waals surface area (Å²) < 4.78 is 82.0. The van der Waals surface area contributed by atoms with E-state index in [0.29, 0.717) is 40.0 Å². The van der Waals surface area contributed by atoms with Gasteiger partial charge in [-0.3, -0.25) is 4.79 Å². The molecule has 2 heterocycles. The Morgan fingerprint density at radius 2 is 1.57 bits per heavy atom. The molecule has 2 atom stereocenters. The maximum absolute atomic E-state index is 13.9. The van der Waals surface area contributed by atoms with E-state index < -0.39 is 52.5 Å². The number of hydrogen-bond donors (Lipinski definition) is 2. The fraction of sp³-hybridized carbons (Fsp3) is 0.379. The minimum absolute atomic E-state index is 0.0242. The number of amides is 1. The normalized spacial score (nSPS) is 18.0. The Morgan fingerprint density at radius 1 is 1.00 bits per heavy atom. The van der Waals surface area contributed by atoms with Gasteiger partial charge >= 0.3 is 12.4 Å². The van der Waals surface area contributed by atoms with Gasteiger partial charge in [0.2, 0.25) is 5.91 Å². The highest BCUT2D eigenvalue weighted by Gasteiger charge is 2.41. The van der Waals surface area contributed by atoms with Crippen LogP contribution in [0.15, 0.2) is 59.2 Å². The number of aliphatic hydroxyl groups is 2. The van der Waals surface area contributed by atoms with Crippen molar-refractivity contribution in [1.82, 2.24) is 4.98 Å². The predicted molar refractivity (Wildman–Crippen MR) is 149 cm³/mol. The van der Waals surface area contributed by atoms with Crippen LogP contribution in [0.25, 0.3) is 11.1 Å². The highest BCUT2D eigenvalue weighted by atomic mass is 79.9. The van der Waals surface area contributed by atoms with Crippen molar-refractivity contribution in [3.05, 3.63) is 75.9 Å². The Kier molecular flexibility index (Phi) is 8.69. The number of anilines is 2. The van der Waals surface area contributed by atoms with Crippen LogP contribution < -0.4 is 9.80 Å². The molecule has 1 aliphatic rings. The number of benzene rings is 2. The molecule has 4 rings (SSSR count). The summed E-state index contributed by atoms with van der Waals surface area (Å²) in [6, 6.07) is 9.48. The minimum atomic E-state index is -5.07. The number of alkyl halides is 6. The smallest absolute Gasteiger partial charge is 0.394 e. The minimum Gasteiger partial charge on any atom is -0.394 e. The molecule has 1 aliphatic heterocycles. The Bertz CT molecular complexity index is 1450.